The molecule has 2 aromatic carbocycles. The average Bonchev–Trinajstić information content (AvgIpc) is 3.18. The summed E-state index contributed by atoms with van der Waals surface area (Å²) in [5, 5.41) is 0. The minimum atomic E-state index is 0.637. The molecule has 0 unspecified atom stereocenters. The third-order valence-electron chi connectivity index (χ3n) is 4.28. The van der Waals surface area contributed by atoms with Crippen molar-refractivity contribution in [1.82, 2.24) is 4.98 Å². The van der Waals surface area contributed by atoms with Gasteiger partial charge in [-0.15, -0.1) is 0 Å². The molecule has 0 atom stereocenters. The van der Waals surface area contributed by atoms with Crippen LogP contribution in [0.4, 0.5) is 0 Å². The van der Waals surface area contributed by atoms with Crippen LogP contribution in [0.5, 0.6) is 0 Å². The summed E-state index contributed by atoms with van der Waals surface area (Å²) in [6.07, 6.45) is 1.69. The van der Waals surface area contributed by atoms with Gasteiger partial charge in [-0.3, -0.25) is 0 Å². The smallest absolute Gasteiger partial charge is 0.227 e. The van der Waals surface area contributed by atoms with Crippen LogP contribution in [0.2, 0.25) is 0 Å². The number of benzene rings is 2. The summed E-state index contributed by atoms with van der Waals surface area (Å²) in [4.78, 5) is 4.64. The van der Waals surface area contributed by atoms with E-state index < -0.39 is 0 Å². The number of aromatic nitrogens is 1. The van der Waals surface area contributed by atoms with Crippen molar-refractivity contribution in [2.75, 3.05) is 0 Å². The van der Waals surface area contributed by atoms with Gasteiger partial charge in [-0.1, -0.05) is 6.07 Å². The lowest BCUT2D eigenvalue weighted by Crippen LogP contribution is -1.84. The van der Waals surface area contributed by atoms with Crippen LogP contribution in [0, 0.1) is 20.8 Å². The van der Waals surface area contributed by atoms with Gasteiger partial charge in [-0.25, -0.2) is 4.98 Å². The first-order valence-corrected chi connectivity index (χ1v) is 7.64. The predicted molar refractivity (Wildman–Crippen MR) is 91.4 cm³/mol. The molecule has 0 amide bonds. The van der Waals surface area contributed by atoms with Crippen LogP contribution >= 0.6 is 0 Å². The fourth-order valence-corrected chi connectivity index (χ4v) is 2.76. The van der Waals surface area contributed by atoms with Crippen LogP contribution in [0.1, 0.15) is 16.7 Å². The Morgan fingerprint density at radius 3 is 2.48 bits per heavy atom. The monoisotopic (exact) mass is 303 g/mol. The van der Waals surface area contributed by atoms with Crippen molar-refractivity contribution in [2.24, 2.45) is 0 Å². The van der Waals surface area contributed by atoms with Gasteiger partial charge in [0.25, 0.3) is 0 Å². The van der Waals surface area contributed by atoms with Crippen molar-refractivity contribution in [2.45, 2.75) is 20.8 Å². The first-order chi connectivity index (χ1) is 11.1. The number of oxazole rings is 1. The van der Waals surface area contributed by atoms with E-state index in [1.54, 1.807) is 6.26 Å². The highest BCUT2D eigenvalue weighted by Crippen LogP contribution is 2.31. The highest BCUT2D eigenvalue weighted by molar-refractivity contribution is 5.79. The molecule has 3 heteroatoms. The molecule has 2 heterocycles. The Balaban J connectivity index is 1.86. The maximum Gasteiger partial charge on any atom is 0.227 e. The molecule has 3 nitrogen and oxygen atoms in total. The fraction of sp³-hybridized carbons (Fsp3) is 0.150. The van der Waals surface area contributed by atoms with Gasteiger partial charge in [-0.05, 0) is 73.9 Å². The molecule has 0 aliphatic carbocycles. The van der Waals surface area contributed by atoms with Crippen molar-refractivity contribution in [3.05, 3.63) is 65.4 Å². The number of rotatable bonds is 2. The zero-order valence-electron chi connectivity index (χ0n) is 13.4. The lowest BCUT2D eigenvalue weighted by atomic mass is 10.0. The van der Waals surface area contributed by atoms with Gasteiger partial charge >= 0.3 is 0 Å². The number of furan rings is 1. The summed E-state index contributed by atoms with van der Waals surface area (Å²) in [7, 11) is 0. The molecule has 4 aromatic rings. The minimum Gasteiger partial charge on any atom is -0.464 e. The summed E-state index contributed by atoms with van der Waals surface area (Å²) in [5.41, 5.74) is 7.31. The molecule has 114 valence electrons. The minimum absolute atomic E-state index is 0.637. The van der Waals surface area contributed by atoms with Gasteiger partial charge in [0.2, 0.25) is 5.89 Å². The summed E-state index contributed by atoms with van der Waals surface area (Å²) >= 11 is 0. The van der Waals surface area contributed by atoms with Crippen molar-refractivity contribution >= 4 is 11.1 Å². The molecule has 0 fully saturated rings. The first kappa shape index (κ1) is 13.8. The zero-order valence-corrected chi connectivity index (χ0v) is 13.4. The lowest BCUT2D eigenvalue weighted by Gasteiger charge is -2.04. The van der Waals surface area contributed by atoms with Crippen LogP contribution in [-0.4, -0.2) is 4.98 Å². The second-order valence-corrected chi connectivity index (χ2v) is 5.93. The van der Waals surface area contributed by atoms with Crippen molar-refractivity contribution < 1.29 is 8.83 Å². The second kappa shape index (κ2) is 5.13. The highest BCUT2D eigenvalue weighted by atomic mass is 16.3. The Kier molecular flexibility index (Phi) is 3.08. The molecular weight excluding hydrogens is 286 g/mol. The Bertz CT molecular complexity index is 955. The number of hydrogen-bond donors (Lipinski definition) is 0. The molecule has 0 spiro atoms. The number of hydrogen-bond acceptors (Lipinski definition) is 3. The van der Waals surface area contributed by atoms with Crippen molar-refractivity contribution in [3.63, 3.8) is 0 Å². The van der Waals surface area contributed by atoms with Crippen LogP contribution in [0.3, 0.4) is 0 Å². The summed E-state index contributed by atoms with van der Waals surface area (Å²) in [6, 6.07) is 14.1. The molecule has 4 rings (SSSR count). The molecule has 23 heavy (non-hydrogen) atoms. The van der Waals surface area contributed by atoms with Gasteiger partial charge in [0.1, 0.15) is 11.3 Å². The number of fused-ring (bicyclic) bond motifs is 1. The third kappa shape index (κ3) is 2.34. The van der Waals surface area contributed by atoms with E-state index in [4.69, 9.17) is 8.83 Å². The standard InChI is InChI=1S/C20H17NO2/c1-12-6-7-15(11-16(12)18-5-4-8-22-18)20-21-17-9-13(2)14(3)10-19(17)23-20/h4-11H,1-3H3. The molecular formula is C20H17NO2. The molecule has 0 bridgehead atoms. The molecule has 0 N–H and O–H groups in total. The van der Waals surface area contributed by atoms with Gasteiger partial charge in [0, 0.05) is 11.1 Å². The predicted octanol–water partition coefficient (Wildman–Crippen LogP) is 5.68. The van der Waals surface area contributed by atoms with Crippen molar-refractivity contribution in [1.29, 1.82) is 0 Å². The molecule has 2 aromatic heterocycles. The first-order valence-electron chi connectivity index (χ1n) is 7.64. The van der Waals surface area contributed by atoms with Crippen LogP contribution in [0.25, 0.3) is 33.9 Å². The molecule has 0 saturated heterocycles. The van der Waals surface area contributed by atoms with E-state index in [9.17, 15) is 0 Å². The van der Waals surface area contributed by atoms with E-state index in [2.05, 4.69) is 44.0 Å². The van der Waals surface area contributed by atoms with Gasteiger partial charge in [-0.2, -0.15) is 0 Å². The molecule has 0 radical (unpaired) electrons. The van der Waals surface area contributed by atoms with E-state index in [0.29, 0.717) is 5.89 Å². The fourth-order valence-electron chi connectivity index (χ4n) is 2.76. The van der Waals surface area contributed by atoms with E-state index >= 15 is 0 Å². The van der Waals surface area contributed by atoms with Gasteiger partial charge in [0.05, 0.1) is 6.26 Å². The van der Waals surface area contributed by atoms with E-state index in [0.717, 1.165) is 33.6 Å². The Morgan fingerprint density at radius 1 is 0.870 bits per heavy atom. The normalized spacial score (nSPS) is 11.3. The van der Waals surface area contributed by atoms with Gasteiger partial charge < -0.3 is 8.83 Å². The van der Waals surface area contributed by atoms with E-state index in [1.807, 2.05) is 24.3 Å². The maximum absolute atomic E-state index is 5.96. The van der Waals surface area contributed by atoms with E-state index in [-0.39, 0.29) is 0 Å². The lowest BCUT2D eigenvalue weighted by molar-refractivity contribution is 0.582. The van der Waals surface area contributed by atoms with Crippen LogP contribution in [-0.2, 0) is 0 Å². The zero-order chi connectivity index (χ0) is 16.0. The third-order valence-corrected chi connectivity index (χ3v) is 4.28. The SMILES string of the molecule is Cc1cc2nc(-c3ccc(C)c(-c4ccco4)c3)oc2cc1C. The van der Waals surface area contributed by atoms with Crippen LogP contribution in [0.15, 0.2) is 57.6 Å². The molecule has 0 aliphatic rings. The number of nitrogens with zero attached hydrogens (tertiary/aromatic N) is 1. The summed E-state index contributed by atoms with van der Waals surface area (Å²) < 4.78 is 11.5. The second-order valence-electron chi connectivity index (χ2n) is 5.93. The quantitative estimate of drug-likeness (QED) is 0.478. The molecule has 0 saturated carbocycles. The van der Waals surface area contributed by atoms with E-state index in [1.165, 1.54) is 11.1 Å². The maximum atomic E-state index is 5.96. The largest absolute Gasteiger partial charge is 0.464 e. The van der Waals surface area contributed by atoms with Crippen LogP contribution < -0.4 is 0 Å². The topological polar surface area (TPSA) is 39.2 Å². The Hall–Kier alpha value is -2.81. The van der Waals surface area contributed by atoms with Gasteiger partial charge in [0.15, 0.2) is 5.58 Å². The highest BCUT2D eigenvalue weighted by Gasteiger charge is 2.12. The Morgan fingerprint density at radius 2 is 1.70 bits per heavy atom. The molecule has 0 aliphatic heterocycles. The summed E-state index contributed by atoms with van der Waals surface area (Å²) in [5.74, 6) is 1.49. The average molecular weight is 303 g/mol. The van der Waals surface area contributed by atoms with Crippen molar-refractivity contribution in [3.8, 4) is 22.8 Å². The summed E-state index contributed by atoms with van der Waals surface area (Å²) in [6.45, 7) is 6.24. The number of aryl methyl sites for hydroxylation is 3. The Labute approximate surface area is 134 Å².